The highest BCUT2D eigenvalue weighted by molar-refractivity contribution is 5.90. The first-order chi connectivity index (χ1) is 17.1. The van der Waals surface area contributed by atoms with Gasteiger partial charge in [-0.3, -0.25) is 9.69 Å². The molecule has 36 heavy (non-hydrogen) atoms. The fourth-order valence-electron chi connectivity index (χ4n) is 5.23. The quantitative estimate of drug-likeness (QED) is 0.613. The molecule has 2 fully saturated rings. The second-order valence-electron chi connectivity index (χ2n) is 10.6. The van der Waals surface area contributed by atoms with E-state index in [1.54, 1.807) is 31.3 Å². The lowest BCUT2D eigenvalue weighted by molar-refractivity contribution is -0.337. The first-order valence-corrected chi connectivity index (χ1v) is 12.7. The molecule has 4 rings (SSSR count). The van der Waals surface area contributed by atoms with Crippen molar-refractivity contribution in [2.24, 2.45) is 0 Å². The lowest BCUT2D eigenvalue weighted by atomic mass is 9.79. The SMILES string of the molecule is CC[C@@H]1[C@H]2OC(C)(C)C(C)(C)O[C@@H]2[C@H](OC(=O)c2ccccc2)[C@@H](C(=O)NC)N1Cc1ccccc1. The van der Waals surface area contributed by atoms with Crippen LogP contribution in [-0.4, -0.2) is 65.4 Å². The number of nitrogens with one attached hydrogen (secondary N) is 1. The molecule has 7 nitrogen and oxygen atoms in total. The molecule has 0 aliphatic carbocycles. The number of benzene rings is 2. The van der Waals surface area contributed by atoms with Gasteiger partial charge in [-0.05, 0) is 51.8 Å². The number of likely N-dealkylation sites (N-methyl/N-ethyl adjacent to an activating group) is 1. The van der Waals surface area contributed by atoms with Crippen molar-refractivity contribution in [2.75, 3.05) is 7.05 Å². The molecule has 2 aromatic rings. The summed E-state index contributed by atoms with van der Waals surface area (Å²) in [5, 5.41) is 2.80. The average Bonchev–Trinajstić information content (AvgIpc) is 2.86. The van der Waals surface area contributed by atoms with Crippen LogP contribution in [0.2, 0.25) is 0 Å². The van der Waals surface area contributed by atoms with E-state index in [1.807, 2.05) is 64.1 Å². The Morgan fingerprint density at radius 1 is 0.917 bits per heavy atom. The molecule has 5 atom stereocenters. The molecular formula is C29H38N2O5. The van der Waals surface area contributed by atoms with Gasteiger partial charge in [-0.1, -0.05) is 55.5 Å². The van der Waals surface area contributed by atoms with Gasteiger partial charge in [-0.15, -0.1) is 0 Å². The summed E-state index contributed by atoms with van der Waals surface area (Å²) in [5.41, 5.74) is 0.230. The van der Waals surface area contributed by atoms with Gasteiger partial charge in [0.25, 0.3) is 0 Å². The summed E-state index contributed by atoms with van der Waals surface area (Å²) in [7, 11) is 1.61. The van der Waals surface area contributed by atoms with Crippen molar-refractivity contribution in [2.45, 2.75) is 89.2 Å². The number of carbonyl (C=O) groups is 2. The number of rotatable bonds is 6. The molecule has 2 saturated heterocycles. The Morgan fingerprint density at radius 2 is 1.47 bits per heavy atom. The van der Waals surface area contributed by atoms with Crippen molar-refractivity contribution in [3.05, 3.63) is 71.8 Å². The summed E-state index contributed by atoms with van der Waals surface area (Å²) in [4.78, 5) is 28.9. The molecule has 1 amide bonds. The van der Waals surface area contributed by atoms with E-state index in [0.717, 1.165) is 12.0 Å². The number of esters is 1. The van der Waals surface area contributed by atoms with Crippen LogP contribution in [0.15, 0.2) is 60.7 Å². The highest BCUT2D eigenvalue weighted by atomic mass is 16.6. The summed E-state index contributed by atoms with van der Waals surface area (Å²) < 4.78 is 19.6. The molecule has 2 aliphatic rings. The fraction of sp³-hybridized carbons (Fsp3) is 0.517. The number of likely N-dealkylation sites (tertiary alicyclic amines) is 1. The molecule has 0 bridgehead atoms. The maximum Gasteiger partial charge on any atom is 0.338 e. The van der Waals surface area contributed by atoms with Crippen LogP contribution in [0.1, 0.15) is 57.0 Å². The Morgan fingerprint density at radius 3 is 2.03 bits per heavy atom. The third-order valence-electron chi connectivity index (χ3n) is 7.83. The van der Waals surface area contributed by atoms with Gasteiger partial charge in [0.2, 0.25) is 5.91 Å². The monoisotopic (exact) mass is 494 g/mol. The fourth-order valence-corrected chi connectivity index (χ4v) is 5.23. The van der Waals surface area contributed by atoms with E-state index < -0.39 is 41.5 Å². The average molecular weight is 495 g/mol. The number of piperidine rings is 1. The third kappa shape index (κ3) is 4.92. The highest BCUT2D eigenvalue weighted by Crippen LogP contribution is 2.45. The molecule has 2 aromatic carbocycles. The van der Waals surface area contributed by atoms with Crippen molar-refractivity contribution in [3.63, 3.8) is 0 Å². The van der Waals surface area contributed by atoms with Crippen molar-refractivity contribution in [1.29, 1.82) is 0 Å². The number of hydrogen-bond donors (Lipinski definition) is 1. The molecule has 2 aliphatic heterocycles. The number of hydrogen-bond acceptors (Lipinski definition) is 6. The molecule has 7 heteroatoms. The Hall–Kier alpha value is -2.74. The van der Waals surface area contributed by atoms with E-state index in [-0.39, 0.29) is 11.9 Å². The zero-order chi connectivity index (χ0) is 26.1. The maximum absolute atomic E-state index is 13.5. The highest BCUT2D eigenvalue weighted by Gasteiger charge is 2.61. The van der Waals surface area contributed by atoms with Gasteiger partial charge in [0.1, 0.15) is 18.2 Å². The van der Waals surface area contributed by atoms with Gasteiger partial charge < -0.3 is 19.5 Å². The van der Waals surface area contributed by atoms with Crippen LogP contribution in [0.3, 0.4) is 0 Å². The van der Waals surface area contributed by atoms with Crippen LogP contribution in [0.25, 0.3) is 0 Å². The Bertz CT molecular complexity index is 1060. The predicted molar refractivity (Wildman–Crippen MR) is 137 cm³/mol. The molecule has 194 valence electrons. The number of ether oxygens (including phenoxy) is 3. The lowest BCUT2D eigenvalue weighted by Gasteiger charge is -2.60. The lowest BCUT2D eigenvalue weighted by Crippen LogP contribution is -2.76. The standard InChI is InChI=1S/C29H38N2O5/c1-7-21-23-25(36-29(4,5)28(2,3)35-23)24(34-27(33)20-16-12-9-13-17-20)22(26(32)30-6)31(21)18-19-14-10-8-11-15-19/h8-17,21-25H,7,18H2,1-6H3,(H,30,32)/t21-,22+,23-,24-,25+/m1/s1. The minimum Gasteiger partial charge on any atom is -0.454 e. The number of amides is 1. The van der Waals surface area contributed by atoms with Crippen LogP contribution >= 0.6 is 0 Å². The van der Waals surface area contributed by atoms with Crippen LogP contribution in [0, 0.1) is 0 Å². The molecule has 0 aromatic heterocycles. The van der Waals surface area contributed by atoms with Gasteiger partial charge in [0.15, 0.2) is 6.10 Å². The number of carbonyl (C=O) groups excluding carboxylic acids is 2. The minimum atomic E-state index is -0.871. The smallest absolute Gasteiger partial charge is 0.338 e. The topological polar surface area (TPSA) is 77.1 Å². The molecule has 0 spiro atoms. The summed E-state index contributed by atoms with van der Waals surface area (Å²) in [6.45, 7) is 10.6. The van der Waals surface area contributed by atoms with Gasteiger partial charge in [-0.2, -0.15) is 0 Å². The summed E-state index contributed by atoms with van der Waals surface area (Å²) >= 11 is 0. The Labute approximate surface area is 214 Å². The van der Waals surface area contributed by atoms with E-state index in [1.165, 1.54) is 0 Å². The number of nitrogens with zero attached hydrogens (tertiary/aromatic N) is 1. The Balaban J connectivity index is 1.80. The molecule has 1 N–H and O–H groups in total. The van der Waals surface area contributed by atoms with E-state index in [0.29, 0.717) is 12.1 Å². The molecule has 0 unspecified atom stereocenters. The third-order valence-corrected chi connectivity index (χ3v) is 7.83. The first kappa shape index (κ1) is 26.3. The largest absolute Gasteiger partial charge is 0.454 e. The second-order valence-corrected chi connectivity index (χ2v) is 10.6. The van der Waals surface area contributed by atoms with Crippen molar-refractivity contribution in [1.82, 2.24) is 10.2 Å². The van der Waals surface area contributed by atoms with E-state index in [4.69, 9.17) is 14.2 Å². The second kappa shape index (κ2) is 10.3. The molecule has 0 saturated carbocycles. The van der Waals surface area contributed by atoms with E-state index in [2.05, 4.69) is 17.1 Å². The normalized spacial score (nSPS) is 29.1. The zero-order valence-corrected chi connectivity index (χ0v) is 22.1. The van der Waals surface area contributed by atoms with Crippen LogP contribution in [0.5, 0.6) is 0 Å². The Kier molecular flexibility index (Phi) is 7.55. The van der Waals surface area contributed by atoms with Gasteiger partial charge in [0.05, 0.1) is 16.8 Å². The maximum atomic E-state index is 13.5. The summed E-state index contributed by atoms with van der Waals surface area (Å²) in [6, 6.07) is 18.0. The van der Waals surface area contributed by atoms with Crippen molar-refractivity contribution in [3.8, 4) is 0 Å². The molecule has 2 heterocycles. The molecular weight excluding hydrogens is 456 g/mol. The first-order valence-electron chi connectivity index (χ1n) is 12.7. The van der Waals surface area contributed by atoms with E-state index in [9.17, 15) is 9.59 Å². The van der Waals surface area contributed by atoms with Crippen LogP contribution in [0.4, 0.5) is 0 Å². The van der Waals surface area contributed by atoms with Gasteiger partial charge in [0, 0.05) is 19.6 Å². The van der Waals surface area contributed by atoms with Crippen LogP contribution in [-0.2, 0) is 25.5 Å². The van der Waals surface area contributed by atoms with Gasteiger partial charge in [-0.25, -0.2) is 4.79 Å². The number of fused-ring (bicyclic) bond motifs is 1. The predicted octanol–water partition coefficient (Wildman–Crippen LogP) is 3.96. The van der Waals surface area contributed by atoms with Crippen molar-refractivity contribution >= 4 is 11.9 Å². The zero-order valence-electron chi connectivity index (χ0n) is 22.1. The van der Waals surface area contributed by atoms with Gasteiger partial charge >= 0.3 is 5.97 Å². The summed E-state index contributed by atoms with van der Waals surface area (Å²) in [5.74, 6) is -0.714. The minimum absolute atomic E-state index is 0.125. The van der Waals surface area contributed by atoms with E-state index >= 15 is 0 Å². The summed E-state index contributed by atoms with van der Waals surface area (Å²) in [6.07, 6.45) is -1.14. The van der Waals surface area contributed by atoms with Crippen LogP contribution < -0.4 is 5.32 Å². The van der Waals surface area contributed by atoms with Crippen molar-refractivity contribution < 1.29 is 23.8 Å². The molecule has 0 radical (unpaired) electrons.